The Labute approximate surface area is 129 Å². The van der Waals surface area contributed by atoms with Gasteiger partial charge in [-0.15, -0.1) is 0 Å². The number of fused-ring (bicyclic) bond motifs is 1. The number of hydrogen-bond donors (Lipinski definition) is 1. The third-order valence-corrected chi connectivity index (χ3v) is 4.63. The third kappa shape index (κ3) is 2.41. The van der Waals surface area contributed by atoms with Gasteiger partial charge in [0.1, 0.15) is 5.82 Å². The van der Waals surface area contributed by atoms with Crippen LogP contribution < -0.4 is 0 Å². The van der Waals surface area contributed by atoms with E-state index < -0.39 is 5.82 Å². The standard InChI is InChI=1S/C14H12ClFN2S2/c1-8(4-9-2-3-20-7-9)18-13-5-10(15)11(16)6-12(13)17-14(18)19/h2-3,5-8H,4H2,1H3,(H,17,19). The zero-order valence-corrected chi connectivity index (χ0v) is 13.1. The van der Waals surface area contributed by atoms with Gasteiger partial charge >= 0.3 is 0 Å². The van der Waals surface area contributed by atoms with Crippen LogP contribution >= 0.6 is 35.2 Å². The number of nitrogens with one attached hydrogen (secondary N) is 1. The summed E-state index contributed by atoms with van der Waals surface area (Å²) in [5, 5.41) is 4.30. The number of H-pyrrole nitrogens is 1. The van der Waals surface area contributed by atoms with E-state index in [0.717, 1.165) is 11.9 Å². The molecule has 0 aliphatic heterocycles. The van der Waals surface area contributed by atoms with Crippen LogP contribution in [0.1, 0.15) is 18.5 Å². The summed E-state index contributed by atoms with van der Waals surface area (Å²) in [7, 11) is 0. The van der Waals surface area contributed by atoms with Gasteiger partial charge in [0, 0.05) is 12.1 Å². The lowest BCUT2D eigenvalue weighted by molar-refractivity contribution is 0.553. The fraction of sp³-hybridized carbons (Fsp3) is 0.214. The van der Waals surface area contributed by atoms with E-state index in [9.17, 15) is 4.39 Å². The van der Waals surface area contributed by atoms with Crippen molar-refractivity contribution < 1.29 is 4.39 Å². The molecule has 0 radical (unpaired) electrons. The second-order valence-electron chi connectivity index (χ2n) is 4.77. The molecule has 20 heavy (non-hydrogen) atoms. The van der Waals surface area contributed by atoms with Crippen LogP contribution in [0.5, 0.6) is 0 Å². The fourth-order valence-corrected chi connectivity index (χ4v) is 3.63. The SMILES string of the molecule is CC(Cc1ccsc1)n1c(=S)[nH]c2cc(F)c(Cl)cc21. The van der Waals surface area contributed by atoms with Crippen molar-refractivity contribution in [2.24, 2.45) is 0 Å². The van der Waals surface area contributed by atoms with E-state index in [1.54, 1.807) is 17.4 Å². The summed E-state index contributed by atoms with van der Waals surface area (Å²) in [6, 6.07) is 5.29. The predicted octanol–water partition coefficient (Wildman–Crippen LogP) is 5.36. The molecule has 0 fully saturated rings. The Morgan fingerprint density at radius 1 is 1.50 bits per heavy atom. The minimum atomic E-state index is -0.437. The molecule has 1 unspecified atom stereocenters. The summed E-state index contributed by atoms with van der Waals surface area (Å²) in [6.07, 6.45) is 0.875. The first kappa shape index (κ1) is 13.8. The molecule has 0 spiro atoms. The number of rotatable bonds is 3. The van der Waals surface area contributed by atoms with Crippen LogP contribution in [-0.4, -0.2) is 9.55 Å². The number of benzene rings is 1. The second-order valence-corrected chi connectivity index (χ2v) is 6.34. The third-order valence-electron chi connectivity index (χ3n) is 3.31. The number of aromatic amines is 1. The van der Waals surface area contributed by atoms with Crippen LogP contribution in [0.2, 0.25) is 5.02 Å². The van der Waals surface area contributed by atoms with Gasteiger partial charge in [0.2, 0.25) is 0 Å². The number of aromatic nitrogens is 2. The average Bonchev–Trinajstić information content (AvgIpc) is 2.97. The molecular weight excluding hydrogens is 315 g/mol. The zero-order chi connectivity index (χ0) is 14.3. The van der Waals surface area contributed by atoms with Gasteiger partial charge in [0.15, 0.2) is 4.77 Å². The quantitative estimate of drug-likeness (QED) is 0.643. The summed E-state index contributed by atoms with van der Waals surface area (Å²) in [5.74, 6) is -0.437. The van der Waals surface area contributed by atoms with Gasteiger partial charge in [-0.3, -0.25) is 0 Å². The van der Waals surface area contributed by atoms with Crippen molar-refractivity contribution in [3.05, 3.63) is 50.1 Å². The van der Waals surface area contributed by atoms with Crippen molar-refractivity contribution in [3.8, 4) is 0 Å². The summed E-state index contributed by atoms with van der Waals surface area (Å²) in [6.45, 7) is 2.10. The van der Waals surface area contributed by atoms with Crippen molar-refractivity contribution in [1.29, 1.82) is 0 Å². The highest BCUT2D eigenvalue weighted by Crippen LogP contribution is 2.27. The molecular formula is C14H12ClFN2S2. The van der Waals surface area contributed by atoms with Crippen LogP contribution in [0, 0.1) is 10.6 Å². The largest absolute Gasteiger partial charge is 0.330 e. The zero-order valence-electron chi connectivity index (χ0n) is 10.7. The number of thiophene rings is 1. The maximum absolute atomic E-state index is 13.5. The van der Waals surface area contributed by atoms with Crippen molar-refractivity contribution in [3.63, 3.8) is 0 Å². The molecule has 2 aromatic heterocycles. The molecule has 1 N–H and O–H groups in total. The van der Waals surface area contributed by atoms with Gasteiger partial charge in [-0.1, -0.05) is 11.6 Å². The number of hydrogen-bond acceptors (Lipinski definition) is 2. The first-order chi connectivity index (χ1) is 9.56. The lowest BCUT2D eigenvalue weighted by Gasteiger charge is -2.14. The van der Waals surface area contributed by atoms with Gasteiger partial charge in [0.05, 0.1) is 16.1 Å². The molecule has 0 aliphatic rings. The molecule has 1 aromatic carbocycles. The molecule has 2 heterocycles. The predicted molar refractivity (Wildman–Crippen MR) is 84.8 cm³/mol. The van der Waals surface area contributed by atoms with E-state index in [1.807, 2.05) is 4.57 Å². The van der Waals surface area contributed by atoms with Gasteiger partial charge in [-0.25, -0.2) is 4.39 Å². The van der Waals surface area contributed by atoms with E-state index in [-0.39, 0.29) is 11.1 Å². The maximum Gasteiger partial charge on any atom is 0.178 e. The minimum absolute atomic E-state index is 0.114. The molecule has 6 heteroatoms. The normalized spacial score (nSPS) is 12.9. The summed E-state index contributed by atoms with van der Waals surface area (Å²) in [4.78, 5) is 3.04. The van der Waals surface area contributed by atoms with Crippen molar-refractivity contribution in [1.82, 2.24) is 9.55 Å². The summed E-state index contributed by atoms with van der Waals surface area (Å²) < 4.78 is 16.1. The van der Waals surface area contributed by atoms with E-state index >= 15 is 0 Å². The van der Waals surface area contributed by atoms with Crippen molar-refractivity contribution in [2.45, 2.75) is 19.4 Å². The lowest BCUT2D eigenvalue weighted by Crippen LogP contribution is -2.08. The van der Waals surface area contributed by atoms with E-state index in [4.69, 9.17) is 23.8 Å². The number of halogens is 2. The van der Waals surface area contributed by atoms with Crippen LogP contribution in [0.25, 0.3) is 11.0 Å². The van der Waals surface area contributed by atoms with Crippen LogP contribution in [0.3, 0.4) is 0 Å². The second kappa shape index (κ2) is 5.31. The summed E-state index contributed by atoms with van der Waals surface area (Å²) >= 11 is 12.9. The van der Waals surface area contributed by atoms with Crippen LogP contribution in [0.15, 0.2) is 29.0 Å². The Morgan fingerprint density at radius 3 is 3.00 bits per heavy atom. The summed E-state index contributed by atoms with van der Waals surface area (Å²) in [5.41, 5.74) is 2.78. The highest BCUT2D eigenvalue weighted by molar-refractivity contribution is 7.71. The molecule has 0 bridgehead atoms. The number of imidazole rings is 1. The van der Waals surface area contributed by atoms with Crippen LogP contribution in [0.4, 0.5) is 4.39 Å². The van der Waals surface area contributed by atoms with Gasteiger partial charge in [-0.05, 0) is 54.0 Å². The molecule has 1 atom stereocenters. The molecule has 0 saturated carbocycles. The molecule has 104 valence electrons. The molecule has 3 aromatic rings. The van der Waals surface area contributed by atoms with Crippen LogP contribution in [-0.2, 0) is 6.42 Å². The van der Waals surface area contributed by atoms with E-state index in [1.165, 1.54) is 11.6 Å². The van der Waals surface area contributed by atoms with E-state index in [2.05, 4.69) is 28.7 Å². The van der Waals surface area contributed by atoms with Crippen molar-refractivity contribution >= 4 is 46.2 Å². The molecule has 0 saturated heterocycles. The lowest BCUT2D eigenvalue weighted by atomic mass is 10.1. The maximum atomic E-state index is 13.5. The fourth-order valence-electron chi connectivity index (χ4n) is 2.40. The van der Waals surface area contributed by atoms with Gasteiger partial charge < -0.3 is 9.55 Å². The monoisotopic (exact) mass is 326 g/mol. The van der Waals surface area contributed by atoms with Gasteiger partial charge in [0.25, 0.3) is 0 Å². The Bertz CT molecular complexity index is 805. The first-order valence-corrected chi connectivity index (χ1v) is 7.89. The highest BCUT2D eigenvalue weighted by atomic mass is 35.5. The Balaban J connectivity index is 2.08. The average molecular weight is 327 g/mol. The minimum Gasteiger partial charge on any atom is -0.330 e. The molecule has 2 nitrogen and oxygen atoms in total. The molecule has 0 aliphatic carbocycles. The Morgan fingerprint density at radius 2 is 2.30 bits per heavy atom. The molecule has 3 rings (SSSR count). The van der Waals surface area contributed by atoms with E-state index in [0.29, 0.717) is 10.3 Å². The smallest absolute Gasteiger partial charge is 0.178 e. The topological polar surface area (TPSA) is 20.7 Å². The Kier molecular flexibility index (Phi) is 3.67. The number of nitrogens with zero attached hydrogens (tertiary/aromatic N) is 1. The van der Waals surface area contributed by atoms with Crippen molar-refractivity contribution in [2.75, 3.05) is 0 Å². The molecule has 0 amide bonds. The first-order valence-electron chi connectivity index (χ1n) is 6.16. The Hall–Kier alpha value is -1.17. The highest BCUT2D eigenvalue weighted by Gasteiger charge is 2.14. The van der Waals surface area contributed by atoms with Gasteiger partial charge in [-0.2, -0.15) is 11.3 Å².